The summed E-state index contributed by atoms with van der Waals surface area (Å²) in [7, 11) is 0. The summed E-state index contributed by atoms with van der Waals surface area (Å²) in [5.74, 6) is 1.43. The molecule has 150 valence electrons. The van der Waals surface area contributed by atoms with Crippen LogP contribution in [0.25, 0.3) is 0 Å². The van der Waals surface area contributed by atoms with E-state index in [4.69, 9.17) is 4.42 Å². The van der Waals surface area contributed by atoms with Crippen molar-refractivity contribution < 1.29 is 13.6 Å². The van der Waals surface area contributed by atoms with Crippen molar-refractivity contribution in [3.63, 3.8) is 0 Å². The van der Waals surface area contributed by atoms with E-state index in [9.17, 15) is 9.18 Å². The summed E-state index contributed by atoms with van der Waals surface area (Å²) in [6.45, 7) is 1.17. The summed E-state index contributed by atoms with van der Waals surface area (Å²) in [6, 6.07) is 9.49. The number of halogens is 1. The molecule has 1 saturated carbocycles. The maximum Gasteiger partial charge on any atom is 0.286 e. The van der Waals surface area contributed by atoms with Gasteiger partial charge in [0.05, 0.1) is 6.26 Å². The average molecular weight is 395 g/mol. The molecule has 1 aliphatic rings. The molecule has 1 amide bonds. The summed E-state index contributed by atoms with van der Waals surface area (Å²) in [6.07, 6.45) is 6.29. The van der Waals surface area contributed by atoms with Crippen molar-refractivity contribution in [2.24, 2.45) is 0 Å². The van der Waals surface area contributed by atoms with Gasteiger partial charge in [0.15, 0.2) is 5.76 Å². The molecular weight excluding hydrogens is 373 g/mol. The fourth-order valence-corrected chi connectivity index (χ4v) is 2.97. The van der Waals surface area contributed by atoms with Gasteiger partial charge < -0.3 is 20.4 Å². The second-order valence-electron chi connectivity index (χ2n) is 6.92. The molecular formula is C21H22FN5O2. The zero-order chi connectivity index (χ0) is 20.1. The van der Waals surface area contributed by atoms with E-state index in [0.717, 1.165) is 30.6 Å². The molecule has 0 radical (unpaired) electrons. The molecule has 3 N–H and O–H groups in total. The first-order valence-electron chi connectivity index (χ1n) is 9.64. The Morgan fingerprint density at radius 3 is 2.86 bits per heavy atom. The van der Waals surface area contributed by atoms with E-state index < -0.39 is 0 Å². The Morgan fingerprint density at radius 1 is 1.21 bits per heavy atom. The minimum absolute atomic E-state index is 0.225. The molecule has 29 heavy (non-hydrogen) atoms. The third-order valence-corrected chi connectivity index (χ3v) is 4.59. The van der Waals surface area contributed by atoms with Gasteiger partial charge in [-0.25, -0.2) is 9.37 Å². The van der Waals surface area contributed by atoms with Crippen LogP contribution in [0.3, 0.4) is 0 Å². The van der Waals surface area contributed by atoms with Crippen LogP contribution in [0.15, 0.2) is 53.3 Å². The van der Waals surface area contributed by atoms with Crippen LogP contribution in [0.5, 0.6) is 0 Å². The topological polar surface area (TPSA) is 92.1 Å². The lowest BCUT2D eigenvalue weighted by Gasteiger charge is -2.13. The predicted molar refractivity (Wildman–Crippen MR) is 108 cm³/mol. The van der Waals surface area contributed by atoms with Crippen LogP contribution in [0, 0.1) is 5.82 Å². The Kier molecular flexibility index (Phi) is 5.69. The number of nitrogens with one attached hydrogen (secondary N) is 3. The minimum atomic E-state index is -0.320. The Balaban J connectivity index is 1.33. The third kappa shape index (κ3) is 5.10. The number of carbonyl (C=O) groups excluding carboxylic acids is 1. The van der Waals surface area contributed by atoms with Gasteiger partial charge in [-0.3, -0.25) is 4.79 Å². The van der Waals surface area contributed by atoms with Crippen molar-refractivity contribution in [3.05, 3.63) is 66.0 Å². The van der Waals surface area contributed by atoms with E-state index in [0.29, 0.717) is 36.4 Å². The molecule has 0 aliphatic heterocycles. The molecule has 2 heterocycles. The predicted octanol–water partition coefficient (Wildman–Crippen LogP) is 4.06. The molecule has 1 fully saturated rings. The number of nitrogens with zero attached hydrogens (tertiary/aromatic N) is 2. The fourth-order valence-electron chi connectivity index (χ4n) is 2.97. The monoisotopic (exact) mass is 395 g/mol. The molecule has 3 aromatic rings. The Morgan fingerprint density at radius 2 is 2.10 bits per heavy atom. The highest BCUT2D eigenvalue weighted by molar-refractivity contribution is 5.91. The number of rotatable bonds is 9. The molecule has 0 unspecified atom stereocenters. The molecule has 4 rings (SSSR count). The van der Waals surface area contributed by atoms with E-state index in [2.05, 4.69) is 25.9 Å². The number of aromatic nitrogens is 2. The normalized spacial score (nSPS) is 13.1. The maximum atomic E-state index is 13.4. The van der Waals surface area contributed by atoms with Crippen LogP contribution in [0.4, 0.5) is 21.8 Å². The van der Waals surface area contributed by atoms with Crippen molar-refractivity contribution in [3.8, 4) is 0 Å². The van der Waals surface area contributed by atoms with Crippen molar-refractivity contribution in [1.29, 1.82) is 0 Å². The molecule has 2 aromatic heterocycles. The molecule has 1 aliphatic carbocycles. The van der Waals surface area contributed by atoms with Crippen LogP contribution < -0.4 is 16.0 Å². The maximum absolute atomic E-state index is 13.4. The summed E-state index contributed by atoms with van der Waals surface area (Å²) >= 11 is 0. The molecule has 0 bridgehead atoms. The number of furan rings is 1. The minimum Gasteiger partial charge on any atom is -0.459 e. The number of carbonyl (C=O) groups is 1. The number of hydrogen-bond donors (Lipinski definition) is 3. The lowest BCUT2D eigenvalue weighted by atomic mass is 10.2. The Bertz CT molecular complexity index is 973. The van der Waals surface area contributed by atoms with Crippen molar-refractivity contribution >= 4 is 23.4 Å². The highest BCUT2D eigenvalue weighted by Crippen LogP contribution is 2.42. The quantitative estimate of drug-likeness (QED) is 0.473. The lowest BCUT2D eigenvalue weighted by Crippen LogP contribution is -2.25. The molecule has 0 spiro atoms. The second-order valence-corrected chi connectivity index (χ2v) is 6.92. The molecule has 0 atom stereocenters. The van der Waals surface area contributed by atoms with Crippen LogP contribution >= 0.6 is 0 Å². The van der Waals surface area contributed by atoms with Gasteiger partial charge in [-0.2, -0.15) is 4.98 Å². The van der Waals surface area contributed by atoms with Gasteiger partial charge in [-0.1, -0.05) is 6.07 Å². The summed E-state index contributed by atoms with van der Waals surface area (Å²) in [4.78, 5) is 20.8. The zero-order valence-electron chi connectivity index (χ0n) is 15.8. The summed E-state index contributed by atoms with van der Waals surface area (Å²) in [5.41, 5.74) is 1.69. The first-order valence-corrected chi connectivity index (χ1v) is 9.64. The molecule has 7 nitrogen and oxygen atoms in total. The van der Waals surface area contributed by atoms with Gasteiger partial charge in [-0.15, -0.1) is 0 Å². The summed E-state index contributed by atoms with van der Waals surface area (Å²) < 4.78 is 18.4. The van der Waals surface area contributed by atoms with Crippen LogP contribution in [-0.2, 0) is 0 Å². The number of anilines is 3. The number of benzene rings is 1. The van der Waals surface area contributed by atoms with Gasteiger partial charge in [0.25, 0.3) is 5.91 Å². The largest absolute Gasteiger partial charge is 0.459 e. The van der Waals surface area contributed by atoms with E-state index in [1.807, 2.05) is 6.20 Å². The Hall–Kier alpha value is -3.42. The molecule has 8 heteroatoms. The second kappa shape index (κ2) is 8.72. The van der Waals surface area contributed by atoms with Crippen molar-refractivity contribution in [2.75, 3.05) is 23.7 Å². The van der Waals surface area contributed by atoms with Crippen molar-refractivity contribution in [1.82, 2.24) is 15.3 Å². The SMILES string of the molecule is O=C(NCCCNc1nc(Nc2cccc(F)c2)ncc1C1CC1)c1ccco1. The van der Waals surface area contributed by atoms with E-state index >= 15 is 0 Å². The highest BCUT2D eigenvalue weighted by atomic mass is 19.1. The van der Waals surface area contributed by atoms with E-state index in [1.165, 1.54) is 18.4 Å². The number of hydrogen-bond acceptors (Lipinski definition) is 6. The third-order valence-electron chi connectivity index (χ3n) is 4.59. The fraction of sp³-hybridized carbons (Fsp3) is 0.286. The van der Waals surface area contributed by atoms with Crippen LogP contribution in [-0.4, -0.2) is 29.0 Å². The van der Waals surface area contributed by atoms with Gasteiger partial charge in [-0.05, 0) is 55.5 Å². The van der Waals surface area contributed by atoms with Gasteiger partial charge in [0.1, 0.15) is 11.6 Å². The zero-order valence-corrected chi connectivity index (χ0v) is 15.8. The van der Waals surface area contributed by atoms with Crippen LogP contribution in [0.2, 0.25) is 0 Å². The molecule has 0 saturated heterocycles. The first kappa shape index (κ1) is 18.9. The van der Waals surface area contributed by atoms with Crippen LogP contribution in [0.1, 0.15) is 41.3 Å². The smallest absolute Gasteiger partial charge is 0.286 e. The van der Waals surface area contributed by atoms with Crippen molar-refractivity contribution in [2.45, 2.75) is 25.2 Å². The number of amides is 1. The van der Waals surface area contributed by atoms with Gasteiger partial charge >= 0.3 is 0 Å². The highest BCUT2D eigenvalue weighted by Gasteiger charge is 2.27. The van der Waals surface area contributed by atoms with Gasteiger partial charge in [0.2, 0.25) is 5.95 Å². The standard InChI is InChI=1S/C21H22FN5O2/c22-15-4-1-5-16(12-15)26-21-25-13-17(14-7-8-14)19(27-21)23-9-3-10-24-20(28)18-6-2-11-29-18/h1-2,4-6,11-14H,3,7-10H2,(H,24,28)(H2,23,25,26,27). The Labute approximate surface area is 167 Å². The van der Waals surface area contributed by atoms with Gasteiger partial charge in [0, 0.05) is 30.5 Å². The van der Waals surface area contributed by atoms with E-state index in [1.54, 1.807) is 24.3 Å². The molecule has 1 aromatic carbocycles. The average Bonchev–Trinajstić information content (AvgIpc) is 3.40. The lowest BCUT2D eigenvalue weighted by molar-refractivity contribution is 0.0926. The summed E-state index contributed by atoms with van der Waals surface area (Å²) in [5, 5.41) is 9.19. The first-order chi connectivity index (χ1) is 14.2. The van der Waals surface area contributed by atoms with E-state index in [-0.39, 0.29) is 11.7 Å².